The predicted octanol–water partition coefficient (Wildman–Crippen LogP) is 1.95. The minimum absolute atomic E-state index is 0.233. The van der Waals surface area contributed by atoms with Crippen molar-refractivity contribution < 1.29 is 4.79 Å². The molecular formula is C9H12O. The van der Waals surface area contributed by atoms with E-state index in [9.17, 15) is 4.79 Å². The van der Waals surface area contributed by atoms with E-state index in [2.05, 4.69) is 12.2 Å². The lowest BCUT2D eigenvalue weighted by atomic mass is 9.81. The minimum Gasteiger partial charge on any atom is -0.303 e. The Hall–Kier alpha value is -0.850. The molecule has 0 spiro atoms. The van der Waals surface area contributed by atoms with Gasteiger partial charge in [-0.1, -0.05) is 38.2 Å². The molecular weight excluding hydrogens is 124 g/mol. The van der Waals surface area contributed by atoms with Gasteiger partial charge < -0.3 is 4.79 Å². The van der Waals surface area contributed by atoms with Crippen molar-refractivity contribution in [3.8, 4) is 0 Å². The Kier molecular flexibility index (Phi) is 1.75. The van der Waals surface area contributed by atoms with Gasteiger partial charge >= 0.3 is 0 Å². The fraction of sp³-hybridized carbons (Fsp3) is 0.444. The Balaban J connectivity index is 2.73. The molecule has 0 saturated heterocycles. The summed E-state index contributed by atoms with van der Waals surface area (Å²) in [4.78, 5) is 10.5. The third-order valence-electron chi connectivity index (χ3n) is 1.91. The number of allylic oxidation sites excluding steroid dienone is 4. The van der Waals surface area contributed by atoms with Crippen LogP contribution in [0.25, 0.3) is 0 Å². The summed E-state index contributed by atoms with van der Waals surface area (Å²) in [7, 11) is 0. The van der Waals surface area contributed by atoms with Gasteiger partial charge in [-0.2, -0.15) is 0 Å². The molecule has 0 aromatic rings. The maximum absolute atomic E-state index is 10.5. The number of rotatable bonds is 2. The zero-order chi connectivity index (χ0) is 7.61. The summed E-state index contributed by atoms with van der Waals surface area (Å²) in [6, 6.07) is 0. The molecule has 0 bridgehead atoms. The second-order valence-corrected chi connectivity index (χ2v) is 3.23. The van der Waals surface area contributed by atoms with Crippen molar-refractivity contribution in [2.24, 2.45) is 11.3 Å². The fourth-order valence-electron chi connectivity index (χ4n) is 1.01. The van der Waals surface area contributed by atoms with Crippen LogP contribution in [-0.2, 0) is 4.79 Å². The molecule has 0 amide bonds. The number of carbonyl (C=O) groups is 1. The Morgan fingerprint density at radius 3 is 2.20 bits per heavy atom. The standard InChI is InChI=1S/C9H12O/c1-9(2,7-10)8-5-3-4-6-8/h3-8H,1-2H3. The highest BCUT2D eigenvalue weighted by Crippen LogP contribution is 2.28. The van der Waals surface area contributed by atoms with E-state index in [1.807, 2.05) is 26.0 Å². The third-order valence-corrected chi connectivity index (χ3v) is 1.91. The van der Waals surface area contributed by atoms with Gasteiger partial charge in [-0.05, 0) is 0 Å². The van der Waals surface area contributed by atoms with Crippen LogP contribution in [0.15, 0.2) is 24.3 Å². The predicted molar refractivity (Wildman–Crippen MR) is 41.6 cm³/mol. The molecule has 54 valence electrons. The zero-order valence-electron chi connectivity index (χ0n) is 6.37. The molecule has 0 saturated carbocycles. The quantitative estimate of drug-likeness (QED) is 0.530. The van der Waals surface area contributed by atoms with Gasteiger partial charge in [0.2, 0.25) is 0 Å². The maximum Gasteiger partial charge on any atom is 0.126 e. The zero-order valence-corrected chi connectivity index (χ0v) is 6.37. The second kappa shape index (κ2) is 2.41. The molecule has 0 N–H and O–H groups in total. The van der Waals surface area contributed by atoms with Gasteiger partial charge in [0.25, 0.3) is 0 Å². The molecule has 0 radical (unpaired) electrons. The molecule has 0 heterocycles. The van der Waals surface area contributed by atoms with Gasteiger partial charge in [0.15, 0.2) is 0 Å². The Labute approximate surface area is 61.4 Å². The van der Waals surface area contributed by atoms with Crippen LogP contribution in [0.1, 0.15) is 13.8 Å². The maximum atomic E-state index is 10.5. The van der Waals surface area contributed by atoms with Crippen molar-refractivity contribution >= 4 is 6.29 Å². The molecule has 10 heavy (non-hydrogen) atoms. The van der Waals surface area contributed by atoms with Crippen LogP contribution in [0, 0.1) is 11.3 Å². The molecule has 1 rings (SSSR count). The SMILES string of the molecule is CC(C)(C=O)C1C=CC=C1. The van der Waals surface area contributed by atoms with Crippen LogP contribution in [-0.4, -0.2) is 6.29 Å². The minimum atomic E-state index is -0.233. The molecule has 1 heteroatoms. The molecule has 0 aromatic carbocycles. The van der Waals surface area contributed by atoms with Crippen LogP contribution < -0.4 is 0 Å². The van der Waals surface area contributed by atoms with Crippen LogP contribution in [0.5, 0.6) is 0 Å². The third kappa shape index (κ3) is 1.18. The Morgan fingerprint density at radius 2 is 1.80 bits per heavy atom. The normalized spacial score (nSPS) is 18.2. The summed E-state index contributed by atoms with van der Waals surface area (Å²) in [6.45, 7) is 3.90. The summed E-state index contributed by atoms with van der Waals surface area (Å²) in [5.74, 6) is 0.296. The van der Waals surface area contributed by atoms with Crippen LogP contribution in [0.3, 0.4) is 0 Å². The van der Waals surface area contributed by atoms with Crippen molar-refractivity contribution in [2.75, 3.05) is 0 Å². The lowest BCUT2D eigenvalue weighted by molar-refractivity contribution is -0.115. The first-order valence-electron chi connectivity index (χ1n) is 3.48. The van der Waals surface area contributed by atoms with E-state index in [4.69, 9.17) is 0 Å². The smallest absolute Gasteiger partial charge is 0.126 e. The summed E-state index contributed by atoms with van der Waals surface area (Å²) in [6.07, 6.45) is 9.08. The summed E-state index contributed by atoms with van der Waals surface area (Å²) in [5, 5.41) is 0. The van der Waals surface area contributed by atoms with Gasteiger partial charge in [-0.3, -0.25) is 0 Å². The highest BCUT2D eigenvalue weighted by atomic mass is 16.1. The van der Waals surface area contributed by atoms with Crippen molar-refractivity contribution in [2.45, 2.75) is 13.8 Å². The summed E-state index contributed by atoms with van der Waals surface area (Å²) in [5.41, 5.74) is -0.233. The van der Waals surface area contributed by atoms with E-state index < -0.39 is 0 Å². The van der Waals surface area contributed by atoms with E-state index in [1.165, 1.54) is 0 Å². The number of carbonyl (C=O) groups excluding carboxylic acids is 1. The number of hydrogen-bond donors (Lipinski definition) is 0. The molecule has 1 aliphatic carbocycles. The van der Waals surface area contributed by atoms with Gasteiger partial charge in [0.05, 0.1) is 0 Å². The molecule has 1 aliphatic rings. The van der Waals surface area contributed by atoms with Crippen molar-refractivity contribution in [3.63, 3.8) is 0 Å². The average molecular weight is 136 g/mol. The number of aldehydes is 1. The van der Waals surface area contributed by atoms with Crippen molar-refractivity contribution in [1.82, 2.24) is 0 Å². The second-order valence-electron chi connectivity index (χ2n) is 3.23. The Bertz CT molecular complexity index is 175. The molecule has 1 nitrogen and oxygen atoms in total. The van der Waals surface area contributed by atoms with Crippen LogP contribution in [0.2, 0.25) is 0 Å². The van der Waals surface area contributed by atoms with Crippen molar-refractivity contribution in [1.29, 1.82) is 0 Å². The first kappa shape index (κ1) is 7.26. The van der Waals surface area contributed by atoms with E-state index in [0.29, 0.717) is 5.92 Å². The van der Waals surface area contributed by atoms with Gasteiger partial charge in [0, 0.05) is 11.3 Å². The lowest BCUT2D eigenvalue weighted by Crippen LogP contribution is -2.21. The van der Waals surface area contributed by atoms with Gasteiger partial charge in [-0.15, -0.1) is 0 Å². The molecule has 0 unspecified atom stereocenters. The van der Waals surface area contributed by atoms with Gasteiger partial charge in [-0.25, -0.2) is 0 Å². The Morgan fingerprint density at radius 1 is 1.30 bits per heavy atom. The largest absolute Gasteiger partial charge is 0.303 e. The molecule has 0 aromatic heterocycles. The summed E-state index contributed by atoms with van der Waals surface area (Å²) < 4.78 is 0. The van der Waals surface area contributed by atoms with E-state index >= 15 is 0 Å². The van der Waals surface area contributed by atoms with Crippen molar-refractivity contribution in [3.05, 3.63) is 24.3 Å². The number of hydrogen-bond acceptors (Lipinski definition) is 1. The topological polar surface area (TPSA) is 17.1 Å². The lowest BCUT2D eigenvalue weighted by Gasteiger charge is -2.21. The average Bonchev–Trinajstić information content (AvgIpc) is 2.38. The molecule has 0 fully saturated rings. The van der Waals surface area contributed by atoms with Gasteiger partial charge in [0.1, 0.15) is 6.29 Å². The van der Waals surface area contributed by atoms with E-state index in [0.717, 1.165) is 6.29 Å². The van der Waals surface area contributed by atoms with Crippen LogP contribution >= 0.6 is 0 Å². The molecule has 0 atom stereocenters. The van der Waals surface area contributed by atoms with E-state index in [1.54, 1.807) is 0 Å². The first-order chi connectivity index (χ1) is 4.67. The first-order valence-corrected chi connectivity index (χ1v) is 3.48. The van der Waals surface area contributed by atoms with E-state index in [-0.39, 0.29) is 5.41 Å². The molecule has 0 aliphatic heterocycles. The summed E-state index contributed by atoms with van der Waals surface area (Å²) >= 11 is 0. The highest BCUT2D eigenvalue weighted by molar-refractivity contribution is 5.60. The fourth-order valence-corrected chi connectivity index (χ4v) is 1.01. The monoisotopic (exact) mass is 136 g/mol. The highest BCUT2D eigenvalue weighted by Gasteiger charge is 2.25. The van der Waals surface area contributed by atoms with Crippen LogP contribution in [0.4, 0.5) is 0 Å².